The summed E-state index contributed by atoms with van der Waals surface area (Å²) in [4.78, 5) is 12.4. The van der Waals surface area contributed by atoms with Crippen molar-refractivity contribution in [3.8, 4) is 0 Å². The number of aryl methyl sites for hydroxylation is 1. The minimum atomic E-state index is 0.0635. The van der Waals surface area contributed by atoms with E-state index in [0.717, 1.165) is 44.0 Å². The molecule has 1 N–H and O–H groups in total. The predicted octanol–water partition coefficient (Wildman–Crippen LogP) is 4.03. The summed E-state index contributed by atoms with van der Waals surface area (Å²) in [5, 5.41) is 4.16. The first-order chi connectivity index (χ1) is 9.72. The first-order valence-electron chi connectivity index (χ1n) is 7.64. The van der Waals surface area contributed by atoms with E-state index in [2.05, 4.69) is 46.4 Å². The van der Waals surface area contributed by atoms with E-state index in [1.54, 1.807) is 0 Å². The molecule has 1 aromatic carbocycles. The van der Waals surface area contributed by atoms with E-state index in [0.29, 0.717) is 5.92 Å². The average molecular weight is 338 g/mol. The summed E-state index contributed by atoms with van der Waals surface area (Å²) in [5.41, 5.74) is 2.59. The summed E-state index contributed by atoms with van der Waals surface area (Å²) in [6.45, 7) is 3.03. The lowest BCUT2D eigenvalue weighted by atomic mass is 9.82. The van der Waals surface area contributed by atoms with Crippen molar-refractivity contribution in [2.45, 2.75) is 44.9 Å². The highest BCUT2D eigenvalue weighted by Gasteiger charge is 2.25. The molecule has 0 aromatic heterocycles. The third-order valence-corrected chi connectivity index (χ3v) is 5.23. The second kappa shape index (κ2) is 7.82. The minimum absolute atomic E-state index is 0.0635. The van der Waals surface area contributed by atoms with E-state index in [-0.39, 0.29) is 11.8 Å². The number of hydrogen-bond acceptors (Lipinski definition) is 1. The fraction of sp³-hybridized carbons (Fsp3) is 0.588. The van der Waals surface area contributed by atoms with Crippen molar-refractivity contribution in [3.63, 3.8) is 0 Å². The molecule has 2 unspecified atom stereocenters. The quantitative estimate of drug-likeness (QED) is 0.616. The fourth-order valence-electron chi connectivity index (χ4n) is 2.89. The topological polar surface area (TPSA) is 29.1 Å². The number of halogens is 1. The van der Waals surface area contributed by atoms with Gasteiger partial charge in [0.2, 0.25) is 5.91 Å². The van der Waals surface area contributed by atoms with Gasteiger partial charge in [-0.25, -0.2) is 0 Å². The number of rotatable bonds is 6. The molecule has 1 aromatic rings. The molecule has 0 bridgehead atoms. The summed E-state index contributed by atoms with van der Waals surface area (Å²) in [6.07, 6.45) is 5.44. The first-order valence-corrected chi connectivity index (χ1v) is 8.76. The Morgan fingerprint density at radius 2 is 2.25 bits per heavy atom. The van der Waals surface area contributed by atoms with Crippen LogP contribution in [-0.2, 0) is 11.2 Å². The smallest absolute Gasteiger partial charge is 0.227 e. The molecule has 2 atom stereocenters. The van der Waals surface area contributed by atoms with Crippen LogP contribution in [0.1, 0.15) is 49.7 Å². The molecule has 1 amide bonds. The maximum absolute atomic E-state index is 12.4. The molecule has 3 heteroatoms. The Labute approximate surface area is 130 Å². The summed E-state index contributed by atoms with van der Waals surface area (Å²) in [7, 11) is 0. The monoisotopic (exact) mass is 337 g/mol. The van der Waals surface area contributed by atoms with Crippen molar-refractivity contribution >= 4 is 21.8 Å². The first kappa shape index (κ1) is 15.6. The molecular formula is C17H24BrNO. The van der Waals surface area contributed by atoms with E-state index < -0.39 is 0 Å². The fourth-order valence-corrected chi connectivity index (χ4v) is 3.21. The summed E-state index contributed by atoms with van der Waals surface area (Å²) < 4.78 is 0. The largest absolute Gasteiger partial charge is 0.356 e. The van der Waals surface area contributed by atoms with Crippen LogP contribution in [0.4, 0.5) is 0 Å². The normalized spacial score (nSPS) is 19.2. The highest BCUT2D eigenvalue weighted by molar-refractivity contribution is 9.09. The Balaban J connectivity index is 1.85. The maximum Gasteiger partial charge on any atom is 0.227 e. The van der Waals surface area contributed by atoms with Crippen LogP contribution in [0.15, 0.2) is 24.3 Å². The number of carbonyl (C=O) groups excluding carboxylic acids is 1. The summed E-state index contributed by atoms with van der Waals surface area (Å²) in [6, 6.07) is 8.39. The molecule has 0 aliphatic heterocycles. The molecule has 0 saturated carbocycles. The zero-order valence-electron chi connectivity index (χ0n) is 12.2. The van der Waals surface area contributed by atoms with Crippen LogP contribution in [0.2, 0.25) is 0 Å². The standard InChI is InChI=1S/C17H24BrNO/c1-13(12-18)6-5-11-19-17(20)16-10-4-8-14-7-2-3-9-15(14)16/h2-3,7,9,13,16H,4-6,8,10-12H2,1H3,(H,19,20). The van der Waals surface area contributed by atoms with Crippen molar-refractivity contribution in [1.82, 2.24) is 5.32 Å². The molecule has 110 valence electrons. The Morgan fingerprint density at radius 3 is 3.05 bits per heavy atom. The third-order valence-electron chi connectivity index (χ3n) is 4.12. The van der Waals surface area contributed by atoms with Crippen molar-refractivity contribution in [2.75, 3.05) is 11.9 Å². The van der Waals surface area contributed by atoms with E-state index in [1.807, 2.05) is 6.07 Å². The predicted molar refractivity (Wildman–Crippen MR) is 87.3 cm³/mol. The maximum atomic E-state index is 12.4. The van der Waals surface area contributed by atoms with Crippen LogP contribution >= 0.6 is 15.9 Å². The van der Waals surface area contributed by atoms with Gasteiger partial charge in [0.15, 0.2) is 0 Å². The van der Waals surface area contributed by atoms with Gasteiger partial charge in [0.1, 0.15) is 0 Å². The number of hydrogen-bond donors (Lipinski definition) is 1. The number of amides is 1. The number of benzene rings is 1. The van der Waals surface area contributed by atoms with E-state index in [9.17, 15) is 4.79 Å². The zero-order valence-corrected chi connectivity index (χ0v) is 13.8. The van der Waals surface area contributed by atoms with Gasteiger partial charge in [-0.2, -0.15) is 0 Å². The van der Waals surface area contributed by atoms with Gasteiger partial charge in [0.25, 0.3) is 0 Å². The molecule has 0 spiro atoms. The van der Waals surface area contributed by atoms with Crippen molar-refractivity contribution < 1.29 is 4.79 Å². The number of carbonyl (C=O) groups is 1. The van der Waals surface area contributed by atoms with Gasteiger partial charge in [-0.15, -0.1) is 0 Å². The zero-order chi connectivity index (χ0) is 14.4. The number of fused-ring (bicyclic) bond motifs is 1. The van der Waals surface area contributed by atoms with Crippen LogP contribution in [-0.4, -0.2) is 17.8 Å². The molecule has 2 nitrogen and oxygen atoms in total. The van der Waals surface area contributed by atoms with Gasteiger partial charge >= 0.3 is 0 Å². The van der Waals surface area contributed by atoms with Gasteiger partial charge < -0.3 is 5.32 Å². The SMILES string of the molecule is CC(CBr)CCCNC(=O)C1CCCc2ccccc21. The van der Waals surface area contributed by atoms with Gasteiger partial charge in [-0.1, -0.05) is 47.1 Å². The molecule has 0 radical (unpaired) electrons. The van der Waals surface area contributed by atoms with Gasteiger partial charge in [-0.05, 0) is 49.1 Å². The number of alkyl halides is 1. The van der Waals surface area contributed by atoms with Gasteiger partial charge in [-0.3, -0.25) is 4.79 Å². The Morgan fingerprint density at radius 1 is 1.45 bits per heavy atom. The number of nitrogens with one attached hydrogen (secondary N) is 1. The van der Waals surface area contributed by atoms with Crippen LogP contribution in [0.5, 0.6) is 0 Å². The Kier molecular flexibility index (Phi) is 6.08. The summed E-state index contributed by atoms with van der Waals surface area (Å²) in [5.74, 6) is 0.958. The van der Waals surface area contributed by atoms with Crippen molar-refractivity contribution in [3.05, 3.63) is 35.4 Å². The Hall–Kier alpha value is -0.830. The molecule has 1 aliphatic rings. The highest BCUT2D eigenvalue weighted by atomic mass is 79.9. The Bertz CT molecular complexity index is 446. The molecule has 0 fully saturated rings. The van der Waals surface area contributed by atoms with E-state index in [1.165, 1.54) is 11.1 Å². The van der Waals surface area contributed by atoms with Crippen LogP contribution in [0, 0.1) is 5.92 Å². The molecule has 2 rings (SSSR count). The van der Waals surface area contributed by atoms with E-state index in [4.69, 9.17) is 0 Å². The molecular weight excluding hydrogens is 314 g/mol. The lowest BCUT2D eigenvalue weighted by molar-refractivity contribution is -0.122. The van der Waals surface area contributed by atoms with Crippen LogP contribution in [0.3, 0.4) is 0 Å². The molecule has 0 heterocycles. The molecule has 1 aliphatic carbocycles. The van der Waals surface area contributed by atoms with Crippen molar-refractivity contribution in [2.24, 2.45) is 5.92 Å². The third kappa shape index (κ3) is 4.08. The highest BCUT2D eigenvalue weighted by Crippen LogP contribution is 2.31. The van der Waals surface area contributed by atoms with Gasteiger partial charge in [0, 0.05) is 11.9 Å². The molecule has 0 saturated heterocycles. The van der Waals surface area contributed by atoms with Crippen LogP contribution in [0.25, 0.3) is 0 Å². The molecule has 20 heavy (non-hydrogen) atoms. The summed E-state index contributed by atoms with van der Waals surface area (Å²) >= 11 is 3.49. The second-order valence-corrected chi connectivity index (χ2v) is 6.48. The minimum Gasteiger partial charge on any atom is -0.356 e. The lowest BCUT2D eigenvalue weighted by Crippen LogP contribution is -2.32. The van der Waals surface area contributed by atoms with Crippen molar-refractivity contribution in [1.29, 1.82) is 0 Å². The van der Waals surface area contributed by atoms with Crippen LogP contribution < -0.4 is 5.32 Å². The van der Waals surface area contributed by atoms with Gasteiger partial charge in [0.05, 0.1) is 5.92 Å². The average Bonchev–Trinajstić information content (AvgIpc) is 2.50. The lowest BCUT2D eigenvalue weighted by Gasteiger charge is -2.24. The second-order valence-electron chi connectivity index (χ2n) is 5.84. The van der Waals surface area contributed by atoms with E-state index >= 15 is 0 Å².